The highest BCUT2D eigenvalue weighted by Crippen LogP contribution is 2.06. The third kappa shape index (κ3) is 8.97. The Bertz CT molecular complexity index is 551. The van der Waals surface area contributed by atoms with E-state index in [2.05, 4.69) is 10.6 Å². The molecule has 4 amide bonds. The summed E-state index contributed by atoms with van der Waals surface area (Å²) in [6.07, 6.45) is -0.452. The van der Waals surface area contributed by atoms with Crippen molar-refractivity contribution in [3.05, 3.63) is 0 Å². The van der Waals surface area contributed by atoms with Crippen molar-refractivity contribution in [2.75, 3.05) is 0 Å². The van der Waals surface area contributed by atoms with Crippen LogP contribution in [-0.4, -0.2) is 52.8 Å². The van der Waals surface area contributed by atoms with Gasteiger partial charge >= 0.3 is 5.97 Å². The van der Waals surface area contributed by atoms with Crippen LogP contribution in [0.15, 0.2) is 0 Å². The van der Waals surface area contributed by atoms with Crippen LogP contribution in [0.25, 0.3) is 0 Å². The van der Waals surface area contributed by atoms with Gasteiger partial charge in [0, 0.05) is 12.8 Å². The molecule has 3 atom stereocenters. The van der Waals surface area contributed by atoms with Crippen molar-refractivity contribution in [3.63, 3.8) is 0 Å². The SMILES string of the molecule is CC(C)C(NC(=O)C(N)CCC(N)=O)C(=O)NC(CCC(N)=O)C(=O)O. The number of carbonyl (C=O) groups is 5. The summed E-state index contributed by atoms with van der Waals surface area (Å²) in [5, 5.41) is 13.8. The first-order chi connectivity index (χ1) is 12.0. The van der Waals surface area contributed by atoms with Gasteiger partial charge in [0.15, 0.2) is 0 Å². The molecule has 0 rings (SSSR count). The van der Waals surface area contributed by atoms with Crippen LogP contribution in [0.3, 0.4) is 0 Å². The topological polar surface area (TPSA) is 208 Å². The van der Waals surface area contributed by atoms with Crippen molar-refractivity contribution in [1.29, 1.82) is 0 Å². The summed E-state index contributed by atoms with van der Waals surface area (Å²) in [7, 11) is 0. The maximum Gasteiger partial charge on any atom is 0.326 e. The molecule has 11 heteroatoms. The van der Waals surface area contributed by atoms with Crippen LogP contribution in [0.2, 0.25) is 0 Å². The highest BCUT2D eigenvalue weighted by atomic mass is 16.4. The molecule has 0 aliphatic heterocycles. The molecular weight excluding hydrogens is 346 g/mol. The average Bonchev–Trinajstić information content (AvgIpc) is 2.52. The van der Waals surface area contributed by atoms with E-state index in [0.29, 0.717) is 0 Å². The summed E-state index contributed by atoms with van der Waals surface area (Å²) in [5.74, 6) is -4.39. The van der Waals surface area contributed by atoms with Gasteiger partial charge in [-0.15, -0.1) is 0 Å². The number of aliphatic carboxylic acids is 1. The van der Waals surface area contributed by atoms with Gasteiger partial charge in [-0.25, -0.2) is 4.79 Å². The van der Waals surface area contributed by atoms with Gasteiger partial charge in [0.05, 0.1) is 6.04 Å². The summed E-state index contributed by atoms with van der Waals surface area (Å²) in [4.78, 5) is 57.2. The van der Waals surface area contributed by atoms with E-state index in [4.69, 9.17) is 22.3 Å². The van der Waals surface area contributed by atoms with E-state index in [1.807, 2.05) is 0 Å². The maximum atomic E-state index is 12.3. The molecule has 9 N–H and O–H groups in total. The normalized spacial score (nSPS) is 14.2. The number of hydrogen-bond acceptors (Lipinski definition) is 6. The van der Waals surface area contributed by atoms with Crippen LogP contribution in [0.4, 0.5) is 0 Å². The molecule has 0 saturated heterocycles. The average molecular weight is 373 g/mol. The highest BCUT2D eigenvalue weighted by Gasteiger charge is 2.30. The van der Waals surface area contributed by atoms with Gasteiger partial charge in [0.1, 0.15) is 12.1 Å². The minimum absolute atomic E-state index is 0.0178. The number of rotatable bonds is 12. The maximum absolute atomic E-state index is 12.3. The fraction of sp³-hybridized carbons (Fsp3) is 0.667. The summed E-state index contributed by atoms with van der Waals surface area (Å²) in [5.41, 5.74) is 15.6. The molecule has 26 heavy (non-hydrogen) atoms. The Morgan fingerprint density at radius 3 is 1.81 bits per heavy atom. The molecule has 3 unspecified atom stereocenters. The number of nitrogens with two attached hydrogens (primary N) is 3. The Kier molecular flexibility index (Phi) is 9.89. The first kappa shape index (κ1) is 23.3. The molecule has 0 radical (unpaired) electrons. The predicted octanol–water partition coefficient (Wildman–Crippen LogP) is -2.45. The summed E-state index contributed by atoms with van der Waals surface area (Å²) < 4.78 is 0. The molecule has 148 valence electrons. The van der Waals surface area contributed by atoms with Gasteiger partial charge in [-0.3, -0.25) is 19.2 Å². The van der Waals surface area contributed by atoms with Crippen molar-refractivity contribution in [3.8, 4) is 0 Å². The van der Waals surface area contributed by atoms with Crippen molar-refractivity contribution in [2.24, 2.45) is 23.1 Å². The van der Waals surface area contributed by atoms with Crippen molar-refractivity contribution in [2.45, 2.75) is 57.7 Å². The fourth-order valence-corrected chi connectivity index (χ4v) is 2.03. The molecule has 0 aromatic carbocycles. The molecule has 0 bridgehead atoms. The minimum Gasteiger partial charge on any atom is -0.480 e. The predicted molar refractivity (Wildman–Crippen MR) is 91.2 cm³/mol. The van der Waals surface area contributed by atoms with Crippen LogP contribution in [0, 0.1) is 5.92 Å². The summed E-state index contributed by atoms with van der Waals surface area (Å²) in [6, 6.07) is -3.41. The molecule has 0 aliphatic carbocycles. The van der Waals surface area contributed by atoms with E-state index in [-0.39, 0.29) is 31.6 Å². The molecule has 0 heterocycles. The lowest BCUT2D eigenvalue weighted by molar-refractivity contribution is -0.142. The van der Waals surface area contributed by atoms with Gasteiger partial charge in [-0.2, -0.15) is 0 Å². The van der Waals surface area contributed by atoms with E-state index in [1.54, 1.807) is 13.8 Å². The van der Waals surface area contributed by atoms with E-state index >= 15 is 0 Å². The zero-order valence-corrected chi connectivity index (χ0v) is 14.9. The van der Waals surface area contributed by atoms with Gasteiger partial charge in [-0.05, 0) is 18.8 Å². The number of nitrogens with one attached hydrogen (secondary N) is 2. The molecule has 0 aromatic heterocycles. The zero-order chi connectivity index (χ0) is 20.4. The zero-order valence-electron chi connectivity index (χ0n) is 14.9. The van der Waals surface area contributed by atoms with Gasteiger partial charge in [-0.1, -0.05) is 13.8 Å². The van der Waals surface area contributed by atoms with Crippen LogP contribution in [0.1, 0.15) is 39.5 Å². The molecular formula is C15H27N5O6. The molecule has 11 nitrogen and oxygen atoms in total. The Labute approximate surface area is 151 Å². The molecule has 0 aromatic rings. The monoisotopic (exact) mass is 373 g/mol. The third-order valence-electron chi connectivity index (χ3n) is 3.58. The van der Waals surface area contributed by atoms with Crippen molar-refractivity contribution >= 4 is 29.6 Å². The smallest absolute Gasteiger partial charge is 0.326 e. The summed E-state index contributed by atoms with van der Waals surface area (Å²) in [6.45, 7) is 3.30. The largest absolute Gasteiger partial charge is 0.480 e. The number of hydrogen-bond donors (Lipinski definition) is 6. The first-order valence-electron chi connectivity index (χ1n) is 8.11. The summed E-state index contributed by atoms with van der Waals surface area (Å²) >= 11 is 0. The Hall–Kier alpha value is -2.69. The Morgan fingerprint density at radius 2 is 1.38 bits per heavy atom. The number of primary amides is 2. The van der Waals surface area contributed by atoms with Gasteiger partial charge in [0.2, 0.25) is 23.6 Å². The number of carboxylic acids is 1. The van der Waals surface area contributed by atoms with E-state index in [9.17, 15) is 24.0 Å². The lowest BCUT2D eigenvalue weighted by atomic mass is 10.0. The quantitative estimate of drug-likeness (QED) is 0.217. The highest BCUT2D eigenvalue weighted by molar-refractivity contribution is 5.92. The van der Waals surface area contributed by atoms with Gasteiger partial charge in [0.25, 0.3) is 0 Å². The lowest BCUT2D eigenvalue weighted by Gasteiger charge is -2.25. The first-order valence-corrected chi connectivity index (χ1v) is 8.11. The standard InChI is InChI=1S/C15H27N5O6/c1-7(2)12(20-13(23)8(16)3-5-10(17)21)14(24)19-9(15(25)26)4-6-11(18)22/h7-9,12H,3-6,16H2,1-2H3,(H2,17,21)(H2,18,22)(H,19,24)(H,20,23)(H,25,26). The van der Waals surface area contributed by atoms with Crippen molar-refractivity contribution in [1.82, 2.24) is 10.6 Å². The van der Waals surface area contributed by atoms with Gasteiger partial charge < -0.3 is 32.9 Å². The van der Waals surface area contributed by atoms with E-state index in [1.165, 1.54) is 0 Å². The number of carbonyl (C=O) groups excluding carboxylic acids is 4. The molecule has 0 fully saturated rings. The Morgan fingerprint density at radius 1 is 0.885 bits per heavy atom. The van der Waals surface area contributed by atoms with E-state index < -0.39 is 47.7 Å². The second-order valence-corrected chi connectivity index (χ2v) is 6.25. The molecule has 0 aliphatic rings. The van der Waals surface area contributed by atoms with Crippen LogP contribution >= 0.6 is 0 Å². The van der Waals surface area contributed by atoms with Crippen LogP contribution in [-0.2, 0) is 24.0 Å². The van der Waals surface area contributed by atoms with E-state index in [0.717, 1.165) is 0 Å². The van der Waals surface area contributed by atoms with Crippen molar-refractivity contribution < 1.29 is 29.1 Å². The van der Waals surface area contributed by atoms with Crippen LogP contribution in [0.5, 0.6) is 0 Å². The van der Waals surface area contributed by atoms with Crippen LogP contribution < -0.4 is 27.8 Å². The fourth-order valence-electron chi connectivity index (χ4n) is 2.03. The minimum atomic E-state index is -1.33. The Balaban J connectivity index is 4.92. The third-order valence-corrected chi connectivity index (χ3v) is 3.58. The number of carboxylic acid groups (broad SMARTS) is 1. The lowest BCUT2D eigenvalue weighted by Crippen LogP contribution is -2.56. The molecule has 0 saturated carbocycles. The molecule has 0 spiro atoms. The number of amides is 4. The second kappa shape index (κ2) is 11.0. The second-order valence-electron chi connectivity index (χ2n) is 6.25.